The summed E-state index contributed by atoms with van der Waals surface area (Å²) in [6, 6.07) is 16.3. The van der Waals surface area contributed by atoms with Gasteiger partial charge in [-0.1, -0.05) is 23.3 Å². The zero-order valence-corrected chi connectivity index (χ0v) is 21.0. The standard InChI is InChI=1S/C26H23N3O4S2/c1-5-14-29-23-16-17(2)15-18(3)24(23)34-26(29)27-25(30)19-6-8-20(9-7-19)28-35(31,32)22-12-10-21(33-4)11-13-22/h1,6-13,15-16,28H,14H2,2-4H3. The zero-order valence-electron chi connectivity index (χ0n) is 19.4. The number of carbonyl (C=O) groups excluding carboxylic acids is 1. The van der Waals surface area contributed by atoms with E-state index < -0.39 is 15.9 Å². The minimum Gasteiger partial charge on any atom is -0.497 e. The van der Waals surface area contributed by atoms with E-state index in [0.29, 0.717) is 28.3 Å². The molecule has 0 aliphatic carbocycles. The number of nitrogens with one attached hydrogen (secondary N) is 1. The monoisotopic (exact) mass is 505 g/mol. The van der Waals surface area contributed by atoms with Crippen LogP contribution >= 0.6 is 11.3 Å². The lowest BCUT2D eigenvalue weighted by Crippen LogP contribution is -2.16. The molecule has 0 atom stereocenters. The number of carbonyl (C=O) groups is 1. The predicted molar refractivity (Wildman–Crippen MR) is 138 cm³/mol. The van der Waals surface area contributed by atoms with Gasteiger partial charge in [-0.15, -0.1) is 6.42 Å². The van der Waals surface area contributed by atoms with Crippen molar-refractivity contribution in [2.24, 2.45) is 4.99 Å². The summed E-state index contributed by atoms with van der Waals surface area (Å²) in [5.41, 5.74) is 3.80. The molecule has 0 aliphatic rings. The first kappa shape index (κ1) is 24.3. The van der Waals surface area contributed by atoms with Crippen LogP contribution in [0.1, 0.15) is 21.5 Å². The van der Waals surface area contributed by atoms with E-state index >= 15 is 0 Å². The molecule has 178 valence electrons. The van der Waals surface area contributed by atoms with Crippen molar-refractivity contribution in [2.45, 2.75) is 25.3 Å². The van der Waals surface area contributed by atoms with E-state index in [1.54, 1.807) is 12.1 Å². The normalized spacial score (nSPS) is 11.9. The number of methoxy groups -OCH3 is 1. The number of aryl methyl sites for hydroxylation is 2. The van der Waals surface area contributed by atoms with Gasteiger partial charge in [0.15, 0.2) is 4.80 Å². The van der Waals surface area contributed by atoms with Crippen molar-refractivity contribution < 1.29 is 17.9 Å². The average Bonchev–Trinajstić information content (AvgIpc) is 3.16. The number of benzene rings is 3. The van der Waals surface area contributed by atoms with E-state index in [1.165, 1.54) is 54.8 Å². The van der Waals surface area contributed by atoms with Gasteiger partial charge in [0.25, 0.3) is 15.9 Å². The molecule has 0 radical (unpaired) electrons. The van der Waals surface area contributed by atoms with Gasteiger partial charge in [-0.05, 0) is 79.6 Å². The summed E-state index contributed by atoms with van der Waals surface area (Å²) in [6.07, 6.45) is 5.57. The van der Waals surface area contributed by atoms with Crippen LogP contribution in [0.4, 0.5) is 5.69 Å². The highest BCUT2D eigenvalue weighted by Gasteiger charge is 2.15. The second kappa shape index (κ2) is 9.78. The van der Waals surface area contributed by atoms with Crippen molar-refractivity contribution in [3.63, 3.8) is 0 Å². The quantitative estimate of drug-likeness (QED) is 0.391. The van der Waals surface area contributed by atoms with E-state index in [-0.39, 0.29) is 4.90 Å². The molecule has 1 aromatic heterocycles. The molecule has 0 saturated heterocycles. The Balaban J connectivity index is 1.61. The molecule has 1 amide bonds. The highest BCUT2D eigenvalue weighted by Crippen LogP contribution is 2.24. The minimum absolute atomic E-state index is 0.0989. The Morgan fingerprint density at radius 1 is 1.11 bits per heavy atom. The van der Waals surface area contributed by atoms with E-state index in [4.69, 9.17) is 11.2 Å². The smallest absolute Gasteiger partial charge is 0.279 e. The molecular weight excluding hydrogens is 482 g/mol. The molecule has 35 heavy (non-hydrogen) atoms. The van der Waals surface area contributed by atoms with Gasteiger partial charge in [-0.2, -0.15) is 4.99 Å². The van der Waals surface area contributed by atoms with Crippen molar-refractivity contribution >= 4 is 43.2 Å². The molecular formula is C26H23N3O4S2. The van der Waals surface area contributed by atoms with E-state index in [2.05, 4.69) is 21.7 Å². The molecule has 0 spiro atoms. The van der Waals surface area contributed by atoms with Crippen molar-refractivity contribution in [3.8, 4) is 18.1 Å². The van der Waals surface area contributed by atoms with Crippen LogP contribution in [0, 0.1) is 26.2 Å². The number of anilines is 1. The molecule has 4 rings (SSSR count). The summed E-state index contributed by atoms with van der Waals surface area (Å²) >= 11 is 1.41. The van der Waals surface area contributed by atoms with Gasteiger partial charge >= 0.3 is 0 Å². The Kier molecular flexibility index (Phi) is 6.78. The summed E-state index contributed by atoms with van der Waals surface area (Å²) in [7, 11) is -2.28. The van der Waals surface area contributed by atoms with Crippen LogP contribution in [-0.4, -0.2) is 26.0 Å². The Labute approximate surface area is 207 Å². The number of aromatic nitrogens is 1. The molecule has 0 aliphatic heterocycles. The maximum absolute atomic E-state index is 12.9. The Bertz CT molecular complexity index is 1620. The van der Waals surface area contributed by atoms with Gasteiger partial charge in [0.05, 0.1) is 28.8 Å². The lowest BCUT2D eigenvalue weighted by molar-refractivity contribution is 0.0998. The summed E-state index contributed by atoms with van der Waals surface area (Å²) in [6.45, 7) is 4.32. The van der Waals surface area contributed by atoms with Crippen LogP contribution < -0.4 is 14.3 Å². The highest BCUT2D eigenvalue weighted by molar-refractivity contribution is 7.92. The van der Waals surface area contributed by atoms with Gasteiger partial charge in [0.2, 0.25) is 0 Å². The van der Waals surface area contributed by atoms with Crippen molar-refractivity contribution in [1.82, 2.24) is 4.57 Å². The van der Waals surface area contributed by atoms with Gasteiger partial charge in [0, 0.05) is 11.3 Å². The van der Waals surface area contributed by atoms with Crippen LogP contribution in [0.3, 0.4) is 0 Å². The van der Waals surface area contributed by atoms with Crippen LogP contribution in [0.25, 0.3) is 10.2 Å². The molecule has 1 N–H and O–H groups in total. The number of terminal acetylenes is 1. The molecule has 9 heteroatoms. The number of nitrogens with zero attached hydrogens (tertiary/aromatic N) is 2. The highest BCUT2D eigenvalue weighted by atomic mass is 32.2. The fourth-order valence-electron chi connectivity index (χ4n) is 3.64. The number of amides is 1. The van der Waals surface area contributed by atoms with Gasteiger partial charge < -0.3 is 9.30 Å². The van der Waals surface area contributed by atoms with E-state index in [9.17, 15) is 13.2 Å². The van der Waals surface area contributed by atoms with Gasteiger partial charge in [-0.3, -0.25) is 9.52 Å². The zero-order chi connectivity index (χ0) is 25.2. The lowest BCUT2D eigenvalue weighted by Gasteiger charge is -2.09. The Morgan fingerprint density at radius 2 is 1.80 bits per heavy atom. The van der Waals surface area contributed by atoms with E-state index in [1.807, 2.05) is 24.5 Å². The molecule has 3 aromatic carbocycles. The Hall–Kier alpha value is -3.87. The van der Waals surface area contributed by atoms with Crippen LogP contribution in [0.15, 0.2) is 70.6 Å². The first-order valence-corrected chi connectivity index (χ1v) is 12.9. The number of ether oxygens (including phenoxy) is 1. The summed E-state index contributed by atoms with van der Waals surface area (Å²) in [5, 5.41) is 0. The lowest BCUT2D eigenvalue weighted by atomic mass is 10.1. The van der Waals surface area contributed by atoms with Crippen LogP contribution in [0.5, 0.6) is 5.75 Å². The second-order valence-electron chi connectivity index (χ2n) is 7.88. The molecule has 0 bridgehead atoms. The predicted octanol–water partition coefficient (Wildman–Crippen LogP) is 4.50. The third-order valence-corrected chi connectivity index (χ3v) is 7.94. The molecule has 0 fully saturated rings. The minimum atomic E-state index is -3.79. The van der Waals surface area contributed by atoms with Gasteiger partial charge in [0.1, 0.15) is 5.75 Å². The number of thiazole rings is 1. The number of hydrogen-bond donors (Lipinski definition) is 1. The fraction of sp³-hybridized carbons (Fsp3) is 0.154. The first-order chi connectivity index (χ1) is 16.7. The van der Waals surface area contributed by atoms with Crippen LogP contribution in [-0.2, 0) is 16.6 Å². The Morgan fingerprint density at radius 3 is 2.43 bits per heavy atom. The van der Waals surface area contributed by atoms with Crippen molar-refractivity contribution in [2.75, 3.05) is 11.8 Å². The SMILES string of the molecule is C#CCn1c(=NC(=O)c2ccc(NS(=O)(=O)c3ccc(OC)cc3)cc2)sc2c(C)cc(C)cc21. The van der Waals surface area contributed by atoms with Crippen LogP contribution in [0.2, 0.25) is 0 Å². The summed E-state index contributed by atoms with van der Waals surface area (Å²) in [4.78, 5) is 17.8. The number of hydrogen-bond acceptors (Lipinski definition) is 5. The molecule has 1 heterocycles. The second-order valence-corrected chi connectivity index (χ2v) is 10.5. The molecule has 7 nitrogen and oxygen atoms in total. The van der Waals surface area contributed by atoms with Crippen molar-refractivity contribution in [1.29, 1.82) is 0 Å². The average molecular weight is 506 g/mol. The molecule has 0 unspecified atom stereocenters. The third kappa shape index (κ3) is 5.14. The molecule has 0 saturated carbocycles. The third-order valence-electron chi connectivity index (χ3n) is 5.31. The topological polar surface area (TPSA) is 89.8 Å². The number of sulfonamides is 1. The molecule has 4 aromatic rings. The first-order valence-electron chi connectivity index (χ1n) is 10.6. The summed E-state index contributed by atoms with van der Waals surface area (Å²) < 4.78 is 35.7. The van der Waals surface area contributed by atoms with E-state index in [0.717, 1.165) is 21.3 Å². The number of fused-ring (bicyclic) bond motifs is 1. The summed E-state index contributed by atoms with van der Waals surface area (Å²) in [5.74, 6) is 2.74. The van der Waals surface area contributed by atoms with Gasteiger partial charge in [-0.25, -0.2) is 8.42 Å². The van der Waals surface area contributed by atoms with Crippen molar-refractivity contribution in [3.05, 3.63) is 82.2 Å². The number of rotatable bonds is 6. The maximum atomic E-state index is 12.9. The fourth-order valence-corrected chi connectivity index (χ4v) is 5.78. The maximum Gasteiger partial charge on any atom is 0.279 e. The largest absolute Gasteiger partial charge is 0.497 e.